The fourth-order valence-corrected chi connectivity index (χ4v) is 4.21. The van der Waals surface area contributed by atoms with E-state index in [1.807, 2.05) is 61.5 Å². The van der Waals surface area contributed by atoms with Crippen LogP contribution in [0, 0.1) is 0 Å². The standard InChI is InChI=1S/C29H30N4O2/c1-2-3-4-6-9-22(18-31-20-34)27-17-23(16-24-19-32-29(30)33-28(24)27)21-12-14-26(15-13-21)35-25-10-7-5-8-11-25/h2-3,5,7-8,10-17,19-20,22H,4,6,9,18H2,1H3,(H,31,34)(H2,30,32,33)/b3-2-. The van der Waals surface area contributed by atoms with Gasteiger partial charge in [-0.05, 0) is 79.3 Å². The molecule has 1 amide bonds. The third kappa shape index (κ3) is 6.23. The number of nitrogen functional groups attached to an aromatic ring is 1. The van der Waals surface area contributed by atoms with Gasteiger partial charge in [-0.1, -0.05) is 42.5 Å². The molecule has 1 aromatic heterocycles. The van der Waals surface area contributed by atoms with Crippen LogP contribution in [-0.4, -0.2) is 22.9 Å². The second-order valence-electron chi connectivity index (χ2n) is 8.39. The van der Waals surface area contributed by atoms with Crippen molar-refractivity contribution < 1.29 is 9.53 Å². The minimum atomic E-state index is 0.0999. The first-order valence-electron chi connectivity index (χ1n) is 11.9. The molecule has 0 fully saturated rings. The number of unbranched alkanes of at least 4 members (excludes halogenated alkanes) is 1. The molecular weight excluding hydrogens is 436 g/mol. The molecule has 4 aromatic rings. The Labute approximate surface area is 205 Å². The van der Waals surface area contributed by atoms with Gasteiger partial charge in [-0.2, -0.15) is 0 Å². The number of para-hydroxylation sites is 1. The smallest absolute Gasteiger partial charge is 0.220 e. The van der Waals surface area contributed by atoms with Crippen molar-refractivity contribution in [2.24, 2.45) is 0 Å². The van der Waals surface area contributed by atoms with Gasteiger partial charge in [0.05, 0.1) is 5.52 Å². The number of aromatic nitrogens is 2. The molecule has 1 unspecified atom stereocenters. The summed E-state index contributed by atoms with van der Waals surface area (Å²) in [5.41, 5.74) is 9.94. The van der Waals surface area contributed by atoms with Crippen molar-refractivity contribution in [1.82, 2.24) is 15.3 Å². The highest BCUT2D eigenvalue weighted by Gasteiger charge is 2.18. The summed E-state index contributed by atoms with van der Waals surface area (Å²) in [6, 6.07) is 22.0. The number of benzene rings is 3. The highest BCUT2D eigenvalue weighted by molar-refractivity contribution is 5.88. The largest absolute Gasteiger partial charge is 0.457 e. The Hall–Kier alpha value is -4.19. The third-order valence-corrected chi connectivity index (χ3v) is 5.94. The molecule has 0 saturated heterocycles. The molecular formula is C29H30N4O2. The molecule has 0 saturated carbocycles. The number of anilines is 1. The van der Waals surface area contributed by atoms with Crippen LogP contribution in [0.25, 0.3) is 22.0 Å². The first kappa shape index (κ1) is 24.0. The molecule has 0 spiro atoms. The minimum absolute atomic E-state index is 0.0999. The van der Waals surface area contributed by atoms with Gasteiger partial charge in [0.25, 0.3) is 0 Å². The van der Waals surface area contributed by atoms with Crippen LogP contribution in [0.3, 0.4) is 0 Å². The average Bonchev–Trinajstić information content (AvgIpc) is 2.89. The van der Waals surface area contributed by atoms with Crippen LogP contribution in [0.5, 0.6) is 11.5 Å². The van der Waals surface area contributed by atoms with E-state index in [9.17, 15) is 4.79 Å². The predicted molar refractivity (Wildman–Crippen MR) is 141 cm³/mol. The van der Waals surface area contributed by atoms with E-state index >= 15 is 0 Å². The molecule has 3 N–H and O–H groups in total. The molecule has 35 heavy (non-hydrogen) atoms. The zero-order valence-electron chi connectivity index (χ0n) is 19.9. The maximum absolute atomic E-state index is 11.1. The average molecular weight is 467 g/mol. The molecule has 4 rings (SSSR count). The van der Waals surface area contributed by atoms with Crippen molar-refractivity contribution in [3.8, 4) is 22.6 Å². The molecule has 0 aliphatic heterocycles. The van der Waals surface area contributed by atoms with E-state index in [0.29, 0.717) is 6.54 Å². The van der Waals surface area contributed by atoms with Gasteiger partial charge in [-0.3, -0.25) is 4.79 Å². The zero-order chi connectivity index (χ0) is 24.5. The van der Waals surface area contributed by atoms with E-state index in [0.717, 1.165) is 64.8 Å². The Morgan fingerprint density at radius 3 is 2.54 bits per heavy atom. The van der Waals surface area contributed by atoms with Gasteiger partial charge in [-0.25, -0.2) is 9.97 Å². The third-order valence-electron chi connectivity index (χ3n) is 5.94. The number of carbonyl (C=O) groups is 1. The molecule has 0 aliphatic carbocycles. The number of nitrogens with zero attached hydrogens (tertiary/aromatic N) is 2. The van der Waals surface area contributed by atoms with Gasteiger partial charge in [0.1, 0.15) is 11.5 Å². The van der Waals surface area contributed by atoms with E-state index in [-0.39, 0.29) is 11.9 Å². The molecule has 178 valence electrons. The quantitative estimate of drug-likeness (QED) is 0.155. The molecule has 0 radical (unpaired) electrons. The Balaban J connectivity index is 1.69. The van der Waals surface area contributed by atoms with Crippen molar-refractivity contribution in [3.05, 3.63) is 90.6 Å². The van der Waals surface area contributed by atoms with Gasteiger partial charge >= 0.3 is 0 Å². The summed E-state index contributed by atoms with van der Waals surface area (Å²) in [5, 5.41) is 3.78. The van der Waals surface area contributed by atoms with E-state index in [1.165, 1.54) is 0 Å². The number of nitrogens with one attached hydrogen (secondary N) is 1. The molecule has 0 aliphatic rings. The summed E-state index contributed by atoms with van der Waals surface area (Å²) in [7, 11) is 0. The highest BCUT2D eigenvalue weighted by Crippen LogP contribution is 2.34. The van der Waals surface area contributed by atoms with E-state index in [1.54, 1.807) is 6.20 Å². The van der Waals surface area contributed by atoms with Gasteiger partial charge in [0.2, 0.25) is 12.4 Å². The van der Waals surface area contributed by atoms with Gasteiger partial charge < -0.3 is 15.8 Å². The van der Waals surface area contributed by atoms with E-state index < -0.39 is 0 Å². The maximum atomic E-state index is 11.1. The van der Waals surface area contributed by atoms with E-state index in [2.05, 4.69) is 39.6 Å². The number of hydrogen-bond donors (Lipinski definition) is 2. The maximum Gasteiger partial charge on any atom is 0.220 e. The van der Waals surface area contributed by atoms with Crippen LogP contribution < -0.4 is 15.8 Å². The number of carbonyl (C=O) groups excluding carboxylic acids is 1. The van der Waals surface area contributed by atoms with Crippen LogP contribution in [-0.2, 0) is 4.79 Å². The van der Waals surface area contributed by atoms with Crippen molar-refractivity contribution in [2.75, 3.05) is 12.3 Å². The molecule has 0 bridgehead atoms. The molecule has 6 heteroatoms. The Morgan fingerprint density at radius 1 is 1.03 bits per heavy atom. The zero-order valence-corrected chi connectivity index (χ0v) is 19.9. The van der Waals surface area contributed by atoms with Crippen molar-refractivity contribution in [3.63, 3.8) is 0 Å². The normalized spacial score (nSPS) is 12.0. The van der Waals surface area contributed by atoms with Crippen LogP contribution in [0.1, 0.15) is 37.7 Å². The molecule has 1 atom stereocenters. The summed E-state index contributed by atoms with van der Waals surface area (Å²) in [4.78, 5) is 19.9. The number of rotatable bonds is 11. The Bertz CT molecular complexity index is 1290. The molecule has 1 heterocycles. The van der Waals surface area contributed by atoms with Gasteiger partial charge in [0.15, 0.2) is 0 Å². The van der Waals surface area contributed by atoms with Crippen molar-refractivity contribution in [1.29, 1.82) is 0 Å². The Morgan fingerprint density at radius 2 is 1.80 bits per heavy atom. The SMILES string of the molecule is C/C=C\CCCC(CNC=O)c1cc(-c2ccc(Oc3ccccc3)cc2)cc2cnc(N)nc12. The summed E-state index contributed by atoms with van der Waals surface area (Å²) in [5.74, 6) is 1.91. The van der Waals surface area contributed by atoms with Gasteiger partial charge in [-0.15, -0.1) is 0 Å². The number of hydrogen-bond acceptors (Lipinski definition) is 5. The number of amides is 1. The van der Waals surface area contributed by atoms with Crippen LogP contribution in [0.2, 0.25) is 0 Å². The lowest BCUT2D eigenvalue weighted by molar-refractivity contribution is -0.109. The first-order chi connectivity index (χ1) is 17.2. The fourth-order valence-electron chi connectivity index (χ4n) is 4.21. The van der Waals surface area contributed by atoms with Crippen molar-refractivity contribution in [2.45, 2.75) is 32.1 Å². The number of ether oxygens (including phenoxy) is 1. The van der Waals surface area contributed by atoms with Crippen LogP contribution in [0.15, 0.2) is 85.1 Å². The second kappa shape index (κ2) is 11.8. The van der Waals surface area contributed by atoms with Crippen LogP contribution in [0.4, 0.5) is 5.95 Å². The lowest BCUT2D eigenvalue weighted by Gasteiger charge is -2.20. The summed E-state index contributed by atoms with van der Waals surface area (Å²) in [6.07, 6.45) is 9.66. The van der Waals surface area contributed by atoms with Gasteiger partial charge in [0, 0.05) is 24.0 Å². The monoisotopic (exact) mass is 466 g/mol. The number of allylic oxidation sites excluding steroid dienone is 2. The second-order valence-corrected chi connectivity index (χ2v) is 8.39. The summed E-state index contributed by atoms with van der Waals surface area (Å²) >= 11 is 0. The fraction of sp³-hybridized carbons (Fsp3) is 0.207. The van der Waals surface area contributed by atoms with E-state index in [4.69, 9.17) is 10.5 Å². The summed E-state index contributed by atoms with van der Waals surface area (Å²) in [6.45, 7) is 2.56. The Kier molecular flexibility index (Phi) is 8.07. The first-order valence-corrected chi connectivity index (χ1v) is 11.9. The molecule has 3 aromatic carbocycles. The lowest BCUT2D eigenvalue weighted by Crippen LogP contribution is -2.20. The topological polar surface area (TPSA) is 90.1 Å². The minimum Gasteiger partial charge on any atom is -0.457 e. The van der Waals surface area contributed by atoms with Crippen LogP contribution >= 0.6 is 0 Å². The van der Waals surface area contributed by atoms with Crippen molar-refractivity contribution >= 4 is 23.3 Å². The number of nitrogens with two attached hydrogens (primary N) is 1. The molecule has 6 nitrogen and oxygen atoms in total. The number of fused-ring (bicyclic) bond motifs is 1. The highest BCUT2D eigenvalue weighted by atomic mass is 16.5. The summed E-state index contributed by atoms with van der Waals surface area (Å²) < 4.78 is 5.94. The lowest BCUT2D eigenvalue weighted by atomic mass is 9.89. The predicted octanol–water partition coefficient (Wildman–Crippen LogP) is 6.25.